The molecule has 2 heterocycles. The van der Waals surface area contributed by atoms with Crippen molar-refractivity contribution in [3.8, 4) is 0 Å². The van der Waals surface area contributed by atoms with Gasteiger partial charge >= 0.3 is 0 Å². The Bertz CT molecular complexity index is 1360. The van der Waals surface area contributed by atoms with Crippen LogP contribution < -0.4 is 0 Å². The molecule has 4 rings (SSSR count). The van der Waals surface area contributed by atoms with Crippen molar-refractivity contribution in [2.24, 2.45) is 0 Å². The van der Waals surface area contributed by atoms with Crippen molar-refractivity contribution in [2.45, 2.75) is 19.6 Å². The van der Waals surface area contributed by atoms with E-state index in [4.69, 9.17) is 9.11 Å². The molecule has 0 fully saturated rings. The van der Waals surface area contributed by atoms with Crippen LogP contribution in [-0.2, 0) is 20.2 Å². The normalized spacial score (nSPS) is 11.5. The van der Waals surface area contributed by atoms with Crippen LogP contribution in [0.4, 0.5) is 0 Å². The predicted molar refractivity (Wildman–Crippen MR) is 121 cm³/mol. The van der Waals surface area contributed by atoms with E-state index < -0.39 is 20.2 Å². The molecule has 4 N–H and O–H groups in total. The van der Waals surface area contributed by atoms with Gasteiger partial charge in [0.05, 0.1) is 11.0 Å². The Kier molecular flexibility index (Phi) is 7.65. The van der Waals surface area contributed by atoms with Crippen LogP contribution >= 0.6 is 25.3 Å². The van der Waals surface area contributed by atoms with Crippen molar-refractivity contribution in [2.75, 3.05) is 0 Å². The topological polar surface area (TPSA) is 166 Å². The largest absolute Gasteiger partial charge is 0.412 e. The minimum absolute atomic E-state index is 0. The molecular formula is C18H16N2O7S4. The van der Waals surface area contributed by atoms with Gasteiger partial charge in [0.15, 0.2) is 0 Å². The molecule has 2 aromatic carbocycles. The van der Waals surface area contributed by atoms with Crippen LogP contribution in [0, 0.1) is 0 Å². The molecule has 0 bridgehead atoms. The monoisotopic (exact) mass is 500 g/mol. The van der Waals surface area contributed by atoms with Gasteiger partial charge in [0.25, 0.3) is 20.2 Å². The summed E-state index contributed by atoms with van der Waals surface area (Å²) in [6.07, 6.45) is 3.08. The second kappa shape index (κ2) is 9.48. The quantitative estimate of drug-likeness (QED) is 0.241. The summed E-state index contributed by atoms with van der Waals surface area (Å²) in [4.78, 5) is 8.84. The molecule has 0 aliphatic rings. The first-order valence-electron chi connectivity index (χ1n) is 8.08. The Morgan fingerprint density at radius 3 is 1.32 bits per heavy atom. The second-order valence-corrected chi connectivity index (χ2v) is 9.66. The van der Waals surface area contributed by atoms with Crippen molar-refractivity contribution >= 4 is 67.3 Å². The Labute approximate surface area is 188 Å². The number of hydrogen-bond acceptors (Lipinski definition) is 8. The summed E-state index contributed by atoms with van der Waals surface area (Å²) in [5, 5.41) is 0.736. The zero-order valence-electron chi connectivity index (χ0n) is 15.4. The molecule has 9 nitrogen and oxygen atoms in total. The summed E-state index contributed by atoms with van der Waals surface area (Å²) in [5.41, 5.74) is 0.909. The number of aromatic nitrogens is 2. The van der Waals surface area contributed by atoms with Crippen LogP contribution in [0.1, 0.15) is 0 Å². The average molecular weight is 501 g/mol. The van der Waals surface area contributed by atoms with Gasteiger partial charge in [-0.15, -0.1) is 25.3 Å². The van der Waals surface area contributed by atoms with Crippen LogP contribution in [0.15, 0.2) is 80.5 Å². The Balaban J connectivity index is 0.000000213. The van der Waals surface area contributed by atoms with Crippen LogP contribution in [-0.4, -0.2) is 41.4 Å². The van der Waals surface area contributed by atoms with Gasteiger partial charge in [0.1, 0.15) is 9.79 Å². The molecule has 0 atom stereocenters. The van der Waals surface area contributed by atoms with Gasteiger partial charge in [-0.05, 0) is 48.5 Å². The molecule has 0 aliphatic carbocycles. The van der Waals surface area contributed by atoms with Gasteiger partial charge in [0, 0.05) is 33.0 Å². The smallest absolute Gasteiger partial charge is 0.295 e. The molecule has 0 radical (unpaired) electrons. The maximum atomic E-state index is 11.1. The molecule has 164 valence electrons. The van der Waals surface area contributed by atoms with Gasteiger partial charge in [-0.1, -0.05) is 0 Å². The Hall–Kier alpha value is -2.26. The highest BCUT2D eigenvalue weighted by Crippen LogP contribution is 2.27. The lowest BCUT2D eigenvalue weighted by atomic mass is 10.2. The highest BCUT2D eigenvalue weighted by Gasteiger charge is 2.16. The fourth-order valence-corrected chi connectivity index (χ4v) is 4.58. The summed E-state index contributed by atoms with van der Waals surface area (Å²) < 4.78 is 62.2. The van der Waals surface area contributed by atoms with Crippen LogP contribution in [0.3, 0.4) is 0 Å². The van der Waals surface area contributed by atoms with Crippen molar-refractivity contribution in [1.29, 1.82) is 0 Å². The zero-order valence-corrected chi connectivity index (χ0v) is 18.8. The van der Waals surface area contributed by atoms with Gasteiger partial charge in [0.2, 0.25) is 0 Å². The first-order valence-corrected chi connectivity index (χ1v) is 11.9. The zero-order chi connectivity index (χ0) is 22.1. The lowest BCUT2D eigenvalue weighted by Crippen LogP contribution is -1.99. The number of rotatable bonds is 2. The maximum Gasteiger partial charge on any atom is 0.295 e. The maximum absolute atomic E-state index is 11.1. The van der Waals surface area contributed by atoms with E-state index in [1.54, 1.807) is 24.3 Å². The molecule has 0 spiro atoms. The first-order chi connectivity index (χ1) is 14.0. The lowest BCUT2D eigenvalue weighted by molar-refractivity contribution is 0.482. The molecule has 0 saturated carbocycles. The van der Waals surface area contributed by atoms with E-state index in [1.807, 2.05) is 0 Å². The molecule has 0 amide bonds. The Morgan fingerprint density at radius 2 is 1.00 bits per heavy atom. The lowest BCUT2D eigenvalue weighted by Gasteiger charge is -2.04. The fourth-order valence-electron chi connectivity index (χ4n) is 2.71. The van der Waals surface area contributed by atoms with Crippen molar-refractivity contribution in [1.82, 2.24) is 9.97 Å². The molecular weight excluding hydrogens is 484 g/mol. The van der Waals surface area contributed by atoms with Crippen molar-refractivity contribution in [3.05, 3.63) is 60.9 Å². The van der Waals surface area contributed by atoms with Crippen molar-refractivity contribution in [3.63, 3.8) is 0 Å². The fraction of sp³-hybridized carbons (Fsp3) is 0. The number of hydrogen-bond donors (Lipinski definition) is 4. The van der Waals surface area contributed by atoms with E-state index >= 15 is 0 Å². The number of benzene rings is 2. The molecule has 4 aromatic rings. The van der Waals surface area contributed by atoms with E-state index in [1.165, 1.54) is 36.7 Å². The molecule has 13 heteroatoms. The molecule has 0 unspecified atom stereocenters. The summed E-state index contributed by atoms with van der Waals surface area (Å²) in [5.74, 6) is 0. The number of pyridine rings is 2. The molecule has 0 aliphatic heterocycles. The van der Waals surface area contributed by atoms with E-state index in [-0.39, 0.29) is 15.3 Å². The van der Waals surface area contributed by atoms with Gasteiger partial charge in [-0.25, -0.2) is 0 Å². The molecule has 2 aromatic heterocycles. The van der Waals surface area contributed by atoms with Gasteiger partial charge in [-0.3, -0.25) is 19.1 Å². The van der Waals surface area contributed by atoms with E-state index in [2.05, 4.69) is 35.2 Å². The van der Waals surface area contributed by atoms with Gasteiger partial charge in [-0.2, -0.15) is 16.8 Å². The number of fused-ring (bicyclic) bond motifs is 2. The van der Waals surface area contributed by atoms with E-state index in [0.717, 1.165) is 0 Å². The summed E-state index contributed by atoms with van der Waals surface area (Å²) in [6, 6.07) is 11.9. The number of nitrogens with zero attached hydrogens (tertiary/aromatic N) is 2. The average Bonchev–Trinajstić information content (AvgIpc) is 2.67. The van der Waals surface area contributed by atoms with Crippen LogP contribution in [0.25, 0.3) is 21.8 Å². The SMILES string of the molecule is O.O=S(=O)(O)c1ccc(S)c2ncccc12.O=S(=O)(O)c1ccc(S)c2ncccc12. The third-order valence-electron chi connectivity index (χ3n) is 3.97. The highest BCUT2D eigenvalue weighted by atomic mass is 32.2. The third-order valence-corrected chi connectivity index (χ3v) is 6.52. The minimum atomic E-state index is -4.22. The van der Waals surface area contributed by atoms with E-state index in [0.29, 0.717) is 31.6 Å². The van der Waals surface area contributed by atoms with Gasteiger partial charge < -0.3 is 5.48 Å². The van der Waals surface area contributed by atoms with Crippen molar-refractivity contribution < 1.29 is 31.4 Å². The van der Waals surface area contributed by atoms with Crippen LogP contribution in [0.2, 0.25) is 0 Å². The summed E-state index contributed by atoms with van der Waals surface area (Å²) in [6.45, 7) is 0. The third kappa shape index (κ3) is 5.51. The molecule has 0 saturated heterocycles. The summed E-state index contributed by atoms with van der Waals surface area (Å²) >= 11 is 8.31. The Morgan fingerprint density at radius 1 is 0.645 bits per heavy atom. The van der Waals surface area contributed by atoms with Crippen LogP contribution in [0.5, 0.6) is 0 Å². The summed E-state index contributed by atoms with van der Waals surface area (Å²) in [7, 11) is -8.44. The highest BCUT2D eigenvalue weighted by molar-refractivity contribution is 7.86. The van der Waals surface area contributed by atoms with E-state index in [9.17, 15) is 16.8 Å². The number of thiol groups is 2. The first kappa shape index (κ1) is 25.0. The molecule has 31 heavy (non-hydrogen) atoms. The second-order valence-electron chi connectivity index (χ2n) is 5.91. The predicted octanol–water partition coefficient (Wildman–Crippen LogP) is 2.72. The standard InChI is InChI=1S/2C9H7NO3S2.H2O/c2*11-15(12,13)8-4-3-7(14)9-6(8)2-1-5-10-9;/h2*1-5,14H,(H,11,12,13);1H2. The minimum Gasteiger partial charge on any atom is -0.412 e.